The van der Waals surface area contributed by atoms with Crippen molar-refractivity contribution in [1.29, 1.82) is 5.41 Å². The molecule has 0 amide bonds. The number of rotatable bonds is 10. The minimum atomic E-state index is -0.346. The van der Waals surface area contributed by atoms with Crippen LogP contribution in [0.1, 0.15) is 41.6 Å². The van der Waals surface area contributed by atoms with Crippen molar-refractivity contribution in [3.05, 3.63) is 59.7 Å². The molecule has 0 saturated carbocycles. The Labute approximate surface area is 154 Å². The lowest BCUT2D eigenvalue weighted by Gasteiger charge is -2.19. The minimum Gasteiger partial charge on any atom is -0.495 e. The van der Waals surface area contributed by atoms with Gasteiger partial charge in [-0.15, -0.1) is 0 Å². The van der Waals surface area contributed by atoms with Gasteiger partial charge in [0.15, 0.2) is 0 Å². The molecular weight excluding hydrogens is 328 g/mol. The molecule has 0 aliphatic carbocycles. The minimum absolute atomic E-state index is 0.258. The van der Waals surface area contributed by atoms with Crippen molar-refractivity contribution >= 4 is 17.9 Å². The van der Waals surface area contributed by atoms with Gasteiger partial charge in [0.05, 0.1) is 25.0 Å². The lowest BCUT2D eigenvalue weighted by molar-refractivity contribution is 0.0526. The largest absolute Gasteiger partial charge is 0.495 e. The molecule has 26 heavy (non-hydrogen) atoms. The van der Waals surface area contributed by atoms with Gasteiger partial charge in [-0.25, -0.2) is 4.79 Å². The fourth-order valence-corrected chi connectivity index (χ4v) is 2.82. The molecule has 5 nitrogen and oxygen atoms in total. The molecule has 5 heteroatoms. The monoisotopic (exact) mass is 354 g/mol. The standard InChI is InChI=1S/C21H26N2O3/c1-3-26-21(24)17-11-12-20(25-2)19(14-17)23-15-18(10-7-13-22)16-8-5-4-6-9-16/h4-6,8-9,11-14,18,22-23H,3,7,10,15H2,1-2H3. The number of hydrogen-bond donors (Lipinski definition) is 2. The summed E-state index contributed by atoms with van der Waals surface area (Å²) >= 11 is 0. The average Bonchev–Trinajstić information content (AvgIpc) is 2.68. The van der Waals surface area contributed by atoms with Crippen LogP contribution in [-0.4, -0.2) is 32.4 Å². The summed E-state index contributed by atoms with van der Waals surface area (Å²) in [5.74, 6) is 0.590. The maximum atomic E-state index is 12.0. The summed E-state index contributed by atoms with van der Waals surface area (Å²) in [6.45, 7) is 2.81. The predicted molar refractivity (Wildman–Crippen MR) is 105 cm³/mol. The molecule has 0 heterocycles. The van der Waals surface area contributed by atoms with Gasteiger partial charge >= 0.3 is 5.97 Å². The summed E-state index contributed by atoms with van der Waals surface area (Å²) in [4.78, 5) is 12.0. The Morgan fingerprint density at radius 3 is 2.65 bits per heavy atom. The third-order valence-corrected chi connectivity index (χ3v) is 4.18. The third-order valence-electron chi connectivity index (χ3n) is 4.18. The Bertz CT molecular complexity index is 716. The highest BCUT2D eigenvalue weighted by atomic mass is 16.5. The number of esters is 1. The second-order valence-electron chi connectivity index (χ2n) is 5.91. The van der Waals surface area contributed by atoms with Gasteiger partial charge in [0, 0.05) is 12.5 Å². The van der Waals surface area contributed by atoms with Crippen LogP contribution in [0.25, 0.3) is 0 Å². The Kier molecular flexibility index (Phi) is 7.68. The maximum absolute atomic E-state index is 12.0. The quantitative estimate of drug-likeness (QED) is 0.487. The fourth-order valence-electron chi connectivity index (χ4n) is 2.82. The normalized spacial score (nSPS) is 11.5. The van der Waals surface area contributed by atoms with Gasteiger partial charge in [-0.05, 0) is 49.7 Å². The van der Waals surface area contributed by atoms with E-state index >= 15 is 0 Å². The van der Waals surface area contributed by atoms with Crippen LogP contribution in [0.2, 0.25) is 0 Å². The molecule has 0 fully saturated rings. The van der Waals surface area contributed by atoms with Crippen LogP contribution in [0.5, 0.6) is 5.75 Å². The fraction of sp³-hybridized carbons (Fsp3) is 0.333. The van der Waals surface area contributed by atoms with Crippen LogP contribution in [0.3, 0.4) is 0 Å². The summed E-state index contributed by atoms with van der Waals surface area (Å²) in [7, 11) is 1.61. The van der Waals surface area contributed by atoms with Crippen LogP contribution in [0.15, 0.2) is 48.5 Å². The van der Waals surface area contributed by atoms with E-state index in [-0.39, 0.29) is 11.9 Å². The number of carbonyl (C=O) groups excluding carboxylic acids is 1. The lowest BCUT2D eigenvalue weighted by atomic mass is 9.94. The van der Waals surface area contributed by atoms with Crippen molar-refractivity contribution in [2.75, 3.05) is 25.6 Å². The van der Waals surface area contributed by atoms with E-state index in [1.54, 1.807) is 32.2 Å². The topological polar surface area (TPSA) is 71.4 Å². The Morgan fingerprint density at radius 2 is 2.00 bits per heavy atom. The SMILES string of the molecule is CCOC(=O)c1ccc(OC)c(NCC(CCC=N)c2ccccc2)c1. The van der Waals surface area contributed by atoms with E-state index < -0.39 is 0 Å². The number of hydrogen-bond acceptors (Lipinski definition) is 5. The van der Waals surface area contributed by atoms with Crippen molar-refractivity contribution in [3.8, 4) is 5.75 Å². The molecule has 0 aliphatic heterocycles. The van der Waals surface area contributed by atoms with Gasteiger partial charge in [-0.2, -0.15) is 0 Å². The summed E-state index contributed by atoms with van der Waals surface area (Å²) in [5.41, 5.74) is 2.47. The van der Waals surface area contributed by atoms with Crippen LogP contribution in [0, 0.1) is 5.41 Å². The van der Waals surface area contributed by atoms with E-state index in [0.717, 1.165) is 18.5 Å². The van der Waals surface area contributed by atoms with Gasteiger partial charge in [-0.3, -0.25) is 0 Å². The second kappa shape index (κ2) is 10.2. The number of methoxy groups -OCH3 is 1. The number of anilines is 1. The number of benzene rings is 2. The van der Waals surface area contributed by atoms with E-state index in [9.17, 15) is 4.79 Å². The maximum Gasteiger partial charge on any atom is 0.338 e. The molecule has 0 saturated heterocycles. The van der Waals surface area contributed by atoms with E-state index in [2.05, 4.69) is 17.4 Å². The number of nitrogens with one attached hydrogen (secondary N) is 2. The van der Waals surface area contributed by atoms with Gasteiger partial charge in [0.1, 0.15) is 5.75 Å². The first-order chi connectivity index (χ1) is 12.7. The van der Waals surface area contributed by atoms with Crippen LogP contribution in [-0.2, 0) is 4.74 Å². The number of ether oxygens (including phenoxy) is 2. The summed E-state index contributed by atoms with van der Waals surface area (Å²) in [6.07, 6.45) is 3.04. The zero-order chi connectivity index (χ0) is 18.8. The molecule has 2 aromatic rings. The smallest absolute Gasteiger partial charge is 0.338 e. The first kappa shape index (κ1) is 19.5. The van der Waals surface area contributed by atoms with Crippen molar-refractivity contribution in [2.24, 2.45) is 0 Å². The Balaban J connectivity index is 2.17. The molecule has 2 aromatic carbocycles. The van der Waals surface area contributed by atoms with Gasteiger partial charge in [0.25, 0.3) is 0 Å². The van der Waals surface area contributed by atoms with Crippen molar-refractivity contribution in [2.45, 2.75) is 25.7 Å². The average molecular weight is 354 g/mol. The highest BCUT2D eigenvalue weighted by Crippen LogP contribution is 2.28. The van der Waals surface area contributed by atoms with Crippen LogP contribution >= 0.6 is 0 Å². The molecule has 0 aliphatic rings. The molecule has 0 aromatic heterocycles. The lowest BCUT2D eigenvalue weighted by Crippen LogP contribution is -2.14. The summed E-state index contributed by atoms with van der Waals surface area (Å²) in [5, 5.41) is 10.7. The van der Waals surface area contributed by atoms with Gasteiger partial charge < -0.3 is 20.2 Å². The third kappa shape index (κ3) is 5.34. The van der Waals surface area contributed by atoms with E-state index in [4.69, 9.17) is 14.9 Å². The first-order valence-corrected chi connectivity index (χ1v) is 8.82. The molecule has 138 valence electrons. The molecule has 1 atom stereocenters. The Hall–Kier alpha value is -2.82. The molecule has 0 spiro atoms. The highest BCUT2D eigenvalue weighted by Gasteiger charge is 2.14. The molecular formula is C21H26N2O3. The van der Waals surface area contributed by atoms with Crippen molar-refractivity contribution in [3.63, 3.8) is 0 Å². The second-order valence-corrected chi connectivity index (χ2v) is 5.91. The zero-order valence-corrected chi connectivity index (χ0v) is 15.3. The predicted octanol–water partition coefficient (Wildman–Crippen LogP) is 4.50. The highest BCUT2D eigenvalue weighted by molar-refractivity contribution is 5.91. The van der Waals surface area contributed by atoms with E-state index in [1.165, 1.54) is 11.8 Å². The number of carbonyl (C=O) groups is 1. The molecule has 2 rings (SSSR count). The van der Waals surface area contributed by atoms with Crippen LogP contribution < -0.4 is 10.1 Å². The summed E-state index contributed by atoms with van der Waals surface area (Å²) in [6, 6.07) is 15.5. The molecule has 0 bridgehead atoms. The van der Waals surface area contributed by atoms with E-state index in [0.29, 0.717) is 24.5 Å². The van der Waals surface area contributed by atoms with E-state index in [1.807, 2.05) is 18.2 Å². The zero-order valence-electron chi connectivity index (χ0n) is 15.3. The molecule has 0 radical (unpaired) electrons. The molecule has 2 N–H and O–H groups in total. The molecule has 1 unspecified atom stereocenters. The first-order valence-electron chi connectivity index (χ1n) is 8.82. The van der Waals surface area contributed by atoms with Crippen LogP contribution in [0.4, 0.5) is 5.69 Å². The van der Waals surface area contributed by atoms with Gasteiger partial charge in [-0.1, -0.05) is 30.3 Å². The van der Waals surface area contributed by atoms with Crippen molar-refractivity contribution < 1.29 is 14.3 Å². The summed E-state index contributed by atoms with van der Waals surface area (Å²) < 4.78 is 10.5. The Morgan fingerprint density at radius 1 is 1.23 bits per heavy atom. The van der Waals surface area contributed by atoms with Gasteiger partial charge in [0.2, 0.25) is 0 Å². The van der Waals surface area contributed by atoms with Crippen molar-refractivity contribution in [1.82, 2.24) is 0 Å².